The number of quaternary nitrogens is 1. The maximum absolute atomic E-state index is 11.9. The van der Waals surface area contributed by atoms with E-state index < -0.39 is 5.97 Å². The Hall–Kier alpha value is -1.10. The van der Waals surface area contributed by atoms with Gasteiger partial charge in [0.15, 0.2) is 6.04 Å². The van der Waals surface area contributed by atoms with Crippen molar-refractivity contribution >= 4 is 11.9 Å². The highest BCUT2D eigenvalue weighted by atomic mass is 16.4. The minimum absolute atomic E-state index is 0.0105. The molecule has 1 amide bonds. The van der Waals surface area contributed by atoms with Crippen molar-refractivity contribution in [2.24, 2.45) is 17.8 Å². The second-order valence-corrected chi connectivity index (χ2v) is 5.77. The summed E-state index contributed by atoms with van der Waals surface area (Å²) in [5.74, 6) is -0.543. The van der Waals surface area contributed by atoms with Gasteiger partial charge >= 0.3 is 0 Å². The molecule has 0 radical (unpaired) electrons. The molecular weight excluding hydrogens is 244 g/mol. The van der Waals surface area contributed by atoms with E-state index in [2.05, 4.69) is 18.0 Å². The molecule has 110 valence electrons. The third kappa shape index (κ3) is 4.82. The summed E-state index contributed by atoms with van der Waals surface area (Å²) >= 11 is 0. The van der Waals surface area contributed by atoms with Crippen molar-refractivity contribution in [2.75, 3.05) is 6.54 Å². The van der Waals surface area contributed by atoms with Gasteiger partial charge in [0, 0.05) is 18.4 Å². The zero-order valence-corrected chi connectivity index (χ0v) is 12.0. The summed E-state index contributed by atoms with van der Waals surface area (Å²) in [6.07, 6.45) is 3.98. The molecule has 19 heavy (non-hydrogen) atoms. The second-order valence-electron chi connectivity index (χ2n) is 5.77. The number of carboxylic acid groups (broad SMARTS) is 1. The van der Waals surface area contributed by atoms with Crippen LogP contribution in [0.4, 0.5) is 0 Å². The van der Waals surface area contributed by atoms with Crippen LogP contribution in [-0.2, 0) is 9.59 Å². The molecule has 0 bridgehead atoms. The van der Waals surface area contributed by atoms with Crippen molar-refractivity contribution in [1.29, 1.82) is 0 Å². The van der Waals surface area contributed by atoms with E-state index in [1.807, 2.05) is 6.92 Å². The summed E-state index contributed by atoms with van der Waals surface area (Å²) in [6, 6.07) is -0.204. The standard InChI is InChI=1S/C14H26N2O3/c1-3-9(2)12(15)13(17)16-8-10-4-6-11(7-5-10)14(18)19/h9-12H,3-8,15H2,1-2H3,(H,16,17)(H,18,19)/t9-,10?,11?,12+/m1/s1. The maximum Gasteiger partial charge on any atom is 0.278 e. The molecule has 2 atom stereocenters. The smallest absolute Gasteiger partial charge is 0.278 e. The highest BCUT2D eigenvalue weighted by Crippen LogP contribution is 2.27. The number of hydrogen-bond donors (Lipinski definition) is 2. The Morgan fingerprint density at radius 3 is 2.37 bits per heavy atom. The first-order valence-corrected chi connectivity index (χ1v) is 7.27. The monoisotopic (exact) mass is 270 g/mol. The topological polar surface area (TPSA) is 96.9 Å². The average Bonchev–Trinajstić information content (AvgIpc) is 2.43. The van der Waals surface area contributed by atoms with Gasteiger partial charge in [-0.25, -0.2) is 0 Å². The summed E-state index contributed by atoms with van der Waals surface area (Å²) in [5, 5.41) is 13.7. The second kappa shape index (κ2) is 7.48. The number of carbonyl (C=O) groups excluding carboxylic acids is 2. The van der Waals surface area contributed by atoms with Gasteiger partial charge in [0.1, 0.15) is 0 Å². The van der Waals surface area contributed by atoms with Crippen molar-refractivity contribution in [1.82, 2.24) is 5.32 Å². The molecule has 1 aliphatic rings. The van der Waals surface area contributed by atoms with E-state index in [1.54, 1.807) is 0 Å². The van der Waals surface area contributed by atoms with E-state index in [4.69, 9.17) is 0 Å². The zero-order chi connectivity index (χ0) is 14.4. The number of hydrogen-bond acceptors (Lipinski definition) is 3. The number of carboxylic acids is 1. The first-order chi connectivity index (χ1) is 8.95. The van der Waals surface area contributed by atoms with Crippen LogP contribution in [0.2, 0.25) is 0 Å². The number of amides is 1. The zero-order valence-electron chi connectivity index (χ0n) is 12.0. The molecule has 5 heteroatoms. The summed E-state index contributed by atoms with van der Waals surface area (Å²) in [6.45, 7) is 4.72. The minimum atomic E-state index is -0.933. The molecule has 0 spiro atoms. The molecular formula is C14H26N2O3. The van der Waals surface area contributed by atoms with Crippen molar-refractivity contribution in [3.05, 3.63) is 0 Å². The number of carbonyl (C=O) groups is 2. The fourth-order valence-corrected chi connectivity index (χ4v) is 2.52. The van der Waals surface area contributed by atoms with E-state index in [0.29, 0.717) is 25.3 Å². The highest BCUT2D eigenvalue weighted by Gasteiger charge is 2.26. The third-order valence-corrected chi connectivity index (χ3v) is 4.41. The van der Waals surface area contributed by atoms with Crippen LogP contribution in [0.25, 0.3) is 0 Å². The Morgan fingerprint density at radius 2 is 1.89 bits per heavy atom. The summed E-state index contributed by atoms with van der Waals surface area (Å²) in [5.41, 5.74) is 3.91. The molecule has 0 aliphatic heterocycles. The van der Waals surface area contributed by atoms with E-state index in [1.165, 1.54) is 0 Å². The molecule has 1 rings (SSSR count). The van der Waals surface area contributed by atoms with Crippen LogP contribution in [0.15, 0.2) is 0 Å². The molecule has 4 N–H and O–H groups in total. The Labute approximate surface area is 114 Å². The van der Waals surface area contributed by atoms with Gasteiger partial charge in [-0.15, -0.1) is 0 Å². The summed E-state index contributed by atoms with van der Waals surface area (Å²) < 4.78 is 0. The lowest BCUT2D eigenvalue weighted by molar-refractivity contribution is -0.415. The molecule has 0 heterocycles. The Morgan fingerprint density at radius 1 is 1.32 bits per heavy atom. The van der Waals surface area contributed by atoms with Crippen LogP contribution < -0.4 is 16.2 Å². The SMILES string of the molecule is CC[C@@H](C)[C@H]([NH3+])C(=O)NCC1CCC(C(=O)[O-])CC1. The molecule has 5 nitrogen and oxygen atoms in total. The first kappa shape index (κ1) is 16.0. The molecule has 0 unspecified atom stereocenters. The van der Waals surface area contributed by atoms with Crippen LogP contribution in [0, 0.1) is 17.8 Å². The van der Waals surface area contributed by atoms with E-state index in [0.717, 1.165) is 19.3 Å². The lowest BCUT2D eigenvalue weighted by atomic mass is 9.82. The molecule has 0 saturated heterocycles. The van der Waals surface area contributed by atoms with Crippen LogP contribution in [0.5, 0.6) is 0 Å². The van der Waals surface area contributed by atoms with Crippen LogP contribution in [-0.4, -0.2) is 24.5 Å². The fraction of sp³-hybridized carbons (Fsp3) is 0.857. The van der Waals surface area contributed by atoms with Crippen LogP contribution >= 0.6 is 0 Å². The normalized spacial score (nSPS) is 26.5. The average molecular weight is 270 g/mol. The van der Waals surface area contributed by atoms with Crippen LogP contribution in [0.1, 0.15) is 46.0 Å². The van der Waals surface area contributed by atoms with Crippen molar-refractivity contribution < 1.29 is 20.4 Å². The van der Waals surface area contributed by atoms with Gasteiger partial charge in [0.05, 0.1) is 0 Å². The molecule has 1 fully saturated rings. The number of nitrogens with one attached hydrogen (secondary N) is 1. The number of aliphatic carboxylic acids is 1. The Balaban J connectivity index is 2.27. The molecule has 0 aromatic carbocycles. The van der Waals surface area contributed by atoms with E-state index >= 15 is 0 Å². The van der Waals surface area contributed by atoms with Crippen molar-refractivity contribution in [3.8, 4) is 0 Å². The molecule has 1 saturated carbocycles. The summed E-state index contributed by atoms with van der Waals surface area (Å²) in [7, 11) is 0. The maximum atomic E-state index is 11.9. The van der Waals surface area contributed by atoms with Crippen molar-refractivity contribution in [3.63, 3.8) is 0 Å². The van der Waals surface area contributed by atoms with E-state index in [-0.39, 0.29) is 23.8 Å². The lowest BCUT2D eigenvalue weighted by Gasteiger charge is -2.29. The Bertz CT molecular complexity index is 312. The van der Waals surface area contributed by atoms with Gasteiger partial charge in [-0.1, -0.05) is 13.8 Å². The molecule has 0 aromatic rings. The van der Waals surface area contributed by atoms with Gasteiger partial charge in [0.2, 0.25) is 0 Å². The van der Waals surface area contributed by atoms with Gasteiger partial charge in [-0.3, -0.25) is 4.79 Å². The predicted molar refractivity (Wildman–Crippen MR) is 69.6 cm³/mol. The van der Waals surface area contributed by atoms with Gasteiger partial charge < -0.3 is 21.0 Å². The lowest BCUT2D eigenvalue weighted by Crippen LogP contribution is -2.70. The third-order valence-electron chi connectivity index (χ3n) is 4.41. The quantitative estimate of drug-likeness (QED) is 0.669. The predicted octanol–water partition coefficient (Wildman–Crippen LogP) is -0.684. The number of rotatable bonds is 6. The first-order valence-electron chi connectivity index (χ1n) is 7.27. The largest absolute Gasteiger partial charge is 0.550 e. The Kier molecular flexibility index (Phi) is 6.28. The molecule has 0 aromatic heterocycles. The fourth-order valence-electron chi connectivity index (χ4n) is 2.52. The summed E-state index contributed by atoms with van der Waals surface area (Å²) in [4.78, 5) is 22.6. The highest BCUT2D eigenvalue weighted by molar-refractivity contribution is 5.80. The minimum Gasteiger partial charge on any atom is -0.550 e. The van der Waals surface area contributed by atoms with Crippen molar-refractivity contribution in [2.45, 2.75) is 52.0 Å². The van der Waals surface area contributed by atoms with E-state index in [9.17, 15) is 14.7 Å². The van der Waals surface area contributed by atoms with Gasteiger partial charge in [-0.05, 0) is 43.9 Å². The van der Waals surface area contributed by atoms with Gasteiger partial charge in [0.25, 0.3) is 5.91 Å². The van der Waals surface area contributed by atoms with Crippen LogP contribution in [0.3, 0.4) is 0 Å². The van der Waals surface area contributed by atoms with Gasteiger partial charge in [-0.2, -0.15) is 0 Å². The molecule has 1 aliphatic carbocycles.